The summed E-state index contributed by atoms with van der Waals surface area (Å²) in [6, 6.07) is 54.5. The Bertz CT molecular complexity index is 5790. The third-order valence-corrected chi connectivity index (χ3v) is 21.2. The summed E-state index contributed by atoms with van der Waals surface area (Å²) in [5.41, 5.74) is 16.2. The number of rotatable bonds is 23. The number of ether oxygens (including phenoxy) is 5. The van der Waals surface area contributed by atoms with Gasteiger partial charge in [-0.1, -0.05) is 177 Å². The summed E-state index contributed by atoms with van der Waals surface area (Å²) in [6.07, 6.45) is 5.89. The molecule has 0 aliphatic heterocycles. The quantitative estimate of drug-likeness (QED) is 0.00538. The predicted octanol–water partition coefficient (Wildman–Crippen LogP) is 12.8. The van der Waals surface area contributed by atoms with E-state index < -0.39 is 29.6 Å². The standard InChI is InChI=1S/C20H24N4O5.C17H18N2O4.C15H16N4O3.C15H14N2O4.C10H7NO3.C7H13NO2.C7H10O3.C6H12O2.C2H4O2.CH3.ClH.Pd/c1-20(2,3)28-19(27)23-22-17(25)13-9-14(10-13)21-18(26)15-11-16(29-24-15)12-7-5-4-6-8-12;1-2-22-17(21)12-8-13(9-12)18-16(20)14-10-15(23-19-14)11-6-4-3-5-7-11;16-18-14(20)10-6-11(7-10)17-15(21)12-8-13(22-19-12)9-4-2-1-3-5-9;18-14(16-11-6-10(7-11)15(19)20)12-8-13(21-17-12)9-4-2-1-3-5-9;12-10(13)8-6-9(14-11-8)7-4-2-1-3-5-7;2*1-2-10-7(9)5-3-6(8)4-5;1-5(7)8-6(2,3)4;1-2(3)4;;;/h4-8,11,13-14H,9-10H2,1-3H3,(H,21,26)(H,22,25)(H,23,27);3-7,10,12-13H,2,8-9H2,1H3,(H,18,20);1-5,8,10-11H,6-7,16H2,(H,17,21)(H,18,20);1-5,8,10-11H,6-7H2,(H,16,18)(H,19,20);1-6H,(H,12,13);5-6H,2-4,8H2,1H3;5H,2-4H2,1H3;1-4H3;1H3,(H,3,4);1H3;1H;/q;;;;;;;;;-1;;. The number of halogens is 1. The van der Waals surface area contributed by atoms with Gasteiger partial charge in [0.25, 0.3) is 29.6 Å². The number of carboxylic acids is 3. The maximum absolute atomic E-state index is 12.3. The van der Waals surface area contributed by atoms with Gasteiger partial charge in [-0.2, -0.15) is 0 Å². The predicted molar refractivity (Wildman–Crippen MR) is 517 cm³/mol. The van der Waals surface area contributed by atoms with Gasteiger partial charge in [-0.25, -0.2) is 20.9 Å². The summed E-state index contributed by atoms with van der Waals surface area (Å²) in [6.45, 7) is 19.8. The Labute approximate surface area is 850 Å². The van der Waals surface area contributed by atoms with E-state index in [1.807, 2.05) is 179 Å². The van der Waals surface area contributed by atoms with Gasteiger partial charge in [-0.15, -0.1) is 12.4 Å². The molecule has 42 nitrogen and oxygen atoms in total. The minimum atomic E-state index is -1.09. The minimum Gasteiger partial charge on any atom is -0.481 e. The second-order valence-electron chi connectivity index (χ2n) is 34.9. The molecule has 778 valence electrons. The molecule has 5 aromatic carbocycles. The number of carbonyl (C=O) groups excluding carboxylic acids is 12. The second-order valence-corrected chi connectivity index (χ2v) is 34.9. The average molecular weight is 2110 g/mol. The molecule has 5 heterocycles. The summed E-state index contributed by atoms with van der Waals surface area (Å²) in [5.74, 6) is 1.63. The number of carbonyl (C=O) groups is 15. The zero-order valence-electron chi connectivity index (χ0n) is 81.4. The van der Waals surface area contributed by atoms with Crippen molar-refractivity contribution in [3.8, 4) is 56.6 Å². The first-order chi connectivity index (χ1) is 67.1. The number of nitrogens with one attached hydrogen (secondary N) is 7. The largest absolute Gasteiger partial charge is 0.481 e. The Morgan fingerprint density at radius 1 is 0.382 bits per heavy atom. The van der Waals surface area contributed by atoms with Crippen LogP contribution in [0.25, 0.3) is 56.6 Å². The smallest absolute Gasteiger partial charge is 0.426 e. The number of nitrogens with two attached hydrogens (primary N) is 2. The van der Waals surface area contributed by atoms with Crippen LogP contribution in [-0.4, -0.2) is 191 Å². The van der Waals surface area contributed by atoms with Crippen LogP contribution in [0, 0.1) is 42.9 Å². The van der Waals surface area contributed by atoms with Crippen molar-refractivity contribution >= 4 is 102 Å². The molecule has 7 amide bonds. The molecule has 6 fully saturated rings. The van der Waals surface area contributed by atoms with Crippen molar-refractivity contribution in [1.29, 1.82) is 0 Å². The SMILES string of the molecule is CC(=O)O.CC(=O)OC(C)(C)C.CC(C)(C)OC(=O)NNC(=O)C1CC(NC(=O)c2cc(-c3ccccc3)on2)C1.CCOC(=O)C1CC(=O)C1.CCOC(=O)C1CC(N)C1.CCOC(=O)C1CC(NC(=O)c2cc(-c3ccccc3)on2)C1.Cl.NNC(=O)C1CC(NC(=O)c2cc(-c3ccccc3)on2)C1.O=C(NC1CC(C(=O)O)C1)c1cc(-c2ccccc2)on1.O=C(O)c1cc(-c2ccccc2)on1.[CH3-].[Pd]. The fraction of sp³-hybridized carbons (Fsp3) is 0.390. The number of carboxylic acid groups (broad SMARTS) is 3. The second kappa shape index (κ2) is 59.1. The van der Waals surface area contributed by atoms with Crippen molar-refractivity contribution in [2.24, 2.45) is 47.1 Å². The van der Waals surface area contributed by atoms with E-state index in [-0.39, 0.29) is 205 Å². The Morgan fingerprint density at radius 3 is 0.875 bits per heavy atom. The van der Waals surface area contributed by atoms with Gasteiger partial charge in [0.15, 0.2) is 57.3 Å². The topological polar surface area (TPSA) is 629 Å². The number of ketones is 1. The molecule has 14 N–H and O–H groups in total. The van der Waals surface area contributed by atoms with Crippen LogP contribution in [-0.2, 0) is 87.3 Å². The number of nitrogens with zero attached hydrogens (tertiary/aromatic N) is 5. The van der Waals surface area contributed by atoms with Crippen LogP contribution in [0.5, 0.6) is 0 Å². The molecule has 6 aliphatic rings. The number of hydrogen-bond donors (Lipinski definition) is 12. The molecule has 6 aliphatic carbocycles. The number of Topliss-reactive ketones (excluding diaryl/α,β-unsaturated/α-hetero) is 1. The molecule has 44 heteroatoms. The number of amides is 7. The molecule has 0 bridgehead atoms. The van der Waals surface area contributed by atoms with E-state index in [2.05, 4.69) is 63.3 Å². The Morgan fingerprint density at radius 2 is 0.639 bits per heavy atom. The van der Waals surface area contributed by atoms with Crippen LogP contribution in [0.1, 0.15) is 206 Å². The monoisotopic (exact) mass is 2110 g/mol. The van der Waals surface area contributed by atoms with Crippen molar-refractivity contribution < 1.29 is 154 Å². The zero-order valence-corrected chi connectivity index (χ0v) is 83.8. The molecule has 0 radical (unpaired) electrons. The van der Waals surface area contributed by atoms with Gasteiger partial charge in [0.2, 0.25) is 11.8 Å². The number of aliphatic carboxylic acids is 2. The third kappa shape index (κ3) is 40.2. The van der Waals surface area contributed by atoms with Crippen molar-refractivity contribution in [2.45, 2.75) is 195 Å². The number of aromatic nitrogens is 5. The molecule has 10 aromatic rings. The fourth-order valence-corrected chi connectivity index (χ4v) is 13.8. The normalized spacial score (nSPS) is 18.1. The third-order valence-electron chi connectivity index (χ3n) is 21.2. The molecule has 0 unspecified atom stereocenters. The number of esters is 4. The van der Waals surface area contributed by atoms with Crippen LogP contribution < -0.4 is 49.1 Å². The first kappa shape index (κ1) is 120. The summed E-state index contributed by atoms with van der Waals surface area (Å²) in [4.78, 5) is 167. The van der Waals surface area contributed by atoms with E-state index in [4.69, 9.17) is 78.0 Å². The van der Waals surface area contributed by atoms with Crippen LogP contribution >= 0.6 is 12.4 Å². The first-order valence-electron chi connectivity index (χ1n) is 45.3. The van der Waals surface area contributed by atoms with Gasteiger partial charge in [-0.3, -0.25) is 73.2 Å². The number of benzene rings is 5. The van der Waals surface area contributed by atoms with E-state index in [1.54, 1.807) is 58.9 Å². The van der Waals surface area contributed by atoms with Gasteiger partial charge in [0, 0.05) is 147 Å². The molecule has 0 spiro atoms. The van der Waals surface area contributed by atoms with E-state index in [0.29, 0.717) is 113 Å². The molecule has 144 heavy (non-hydrogen) atoms. The van der Waals surface area contributed by atoms with Crippen molar-refractivity contribution in [2.75, 3.05) is 19.8 Å². The van der Waals surface area contributed by atoms with E-state index in [1.165, 1.54) is 13.0 Å². The molecule has 5 aromatic heterocycles. The number of aromatic carboxylic acids is 1. The van der Waals surface area contributed by atoms with E-state index in [9.17, 15) is 67.1 Å². The maximum atomic E-state index is 12.3. The Balaban J connectivity index is 0.000000295. The summed E-state index contributed by atoms with van der Waals surface area (Å²) in [5, 5.41) is 54.7. The molecule has 16 rings (SSSR count). The molecular weight excluding hydrogens is 1990 g/mol. The van der Waals surface area contributed by atoms with Gasteiger partial charge in [0.05, 0.1) is 43.5 Å². The Hall–Kier alpha value is -14.9. The molecule has 0 saturated heterocycles. The number of hydrazine groups is 2. The summed E-state index contributed by atoms with van der Waals surface area (Å²) < 4.78 is 50.0. The minimum absolute atomic E-state index is 0. The van der Waals surface area contributed by atoms with Crippen LogP contribution in [0.2, 0.25) is 0 Å². The van der Waals surface area contributed by atoms with Gasteiger partial charge in [-0.05, 0) is 127 Å². The van der Waals surface area contributed by atoms with Crippen LogP contribution in [0.3, 0.4) is 0 Å². The maximum Gasteiger partial charge on any atom is 0.426 e. The van der Waals surface area contributed by atoms with Gasteiger partial charge < -0.3 is 96.0 Å². The summed E-state index contributed by atoms with van der Waals surface area (Å²) >= 11 is 0. The molecule has 6 saturated carbocycles. The van der Waals surface area contributed by atoms with Gasteiger partial charge >= 0.3 is 41.9 Å². The zero-order chi connectivity index (χ0) is 103. The summed E-state index contributed by atoms with van der Waals surface area (Å²) in [7, 11) is 0. The average Bonchev–Trinajstić information content (AvgIpc) is 1.17. The van der Waals surface area contributed by atoms with E-state index in [0.717, 1.165) is 47.6 Å². The van der Waals surface area contributed by atoms with Gasteiger partial charge in [0.1, 0.15) is 17.0 Å². The number of hydrogen-bond acceptors (Lipinski definition) is 32. The van der Waals surface area contributed by atoms with Crippen molar-refractivity contribution in [1.82, 2.24) is 63.3 Å². The van der Waals surface area contributed by atoms with Crippen molar-refractivity contribution in [3.63, 3.8) is 0 Å². The molecule has 0 atom stereocenters. The van der Waals surface area contributed by atoms with Crippen molar-refractivity contribution in [3.05, 3.63) is 218 Å². The van der Waals surface area contributed by atoms with E-state index >= 15 is 0 Å². The van der Waals surface area contributed by atoms with Crippen LogP contribution in [0.15, 0.2) is 205 Å². The molecular formula is C100H122ClN14O28Pd-. The fourth-order valence-electron chi connectivity index (χ4n) is 13.8. The van der Waals surface area contributed by atoms with Crippen LogP contribution in [0.4, 0.5) is 4.79 Å². The first-order valence-corrected chi connectivity index (χ1v) is 45.3. The Kier molecular flexibility index (Phi) is 49.1.